The van der Waals surface area contributed by atoms with Crippen LogP contribution in [0.25, 0.3) is 6.08 Å². The molecule has 6 nitrogen and oxygen atoms in total. The lowest BCUT2D eigenvalue weighted by molar-refractivity contribution is -0.142. The van der Waals surface area contributed by atoms with Crippen LogP contribution in [0.1, 0.15) is 18.1 Å². The van der Waals surface area contributed by atoms with Crippen molar-refractivity contribution in [1.29, 1.82) is 5.26 Å². The van der Waals surface area contributed by atoms with Gasteiger partial charge in [-0.3, -0.25) is 4.79 Å². The number of amides is 1. The highest BCUT2D eigenvalue weighted by atomic mass is 79.9. The third-order valence-corrected chi connectivity index (χ3v) is 5.06. The molecule has 0 bridgehead atoms. The summed E-state index contributed by atoms with van der Waals surface area (Å²) in [4.78, 5) is 23.7. The highest BCUT2D eigenvalue weighted by Crippen LogP contribution is 2.35. The predicted octanol–water partition coefficient (Wildman–Crippen LogP) is 4.87. The van der Waals surface area contributed by atoms with Crippen LogP contribution in [-0.2, 0) is 20.7 Å². The molecular formula is C21H18Br2N2O4. The van der Waals surface area contributed by atoms with E-state index in [0.717, 1.165) is 12.0 Å². The molecule has 150 valence electrons. The fraction of sp³-hybridized carbons (Fsp3) is 0.190. The average Bonchev–Trinajstić information content (AvgIpc) is 2.71. The van der Waals surface area contributed by atoms with Crippen LogP contribution < -0.4 is 10.1 Å². The number of nitriles is 1. The number of aryl methyl sites for hydroxylation is 1. The fourth-order valence-electron chi connectivity index (χ4n) is 2.33. The van der Waals surface area contributed by atoms with Gasteiger partial charge >= 0.3 is 5.97 Å². The van der Waals surface area contributed by atoms with Crippen molar-refractivity contribution in [2.45, 2.75) is 13.3 Å². The van der Waals surface area contributed by atoms with E-state index in [9.17, 15) is 14.9 Å². The molecule has 0 aliphatic rings. The van der Waals surface area contributed by atoms with Gasteiger partial charge in [0.05, 0.1) is 16.1 Å². The molecule has 0 saturated carbocycles. The first-order valence-corrected chi connectivity index (χ1v) is 10.2. The second-order valence-electron chi connectivity index (χ2n) is 5.85. The van der Waals surface area contributed by atoms with E-state index in [1.807, 2.05) is 25.1 Å². The molecule has 0 fully saturated rings. The van der Waals surface area contributed by atoms with Crippen molar-refractivity contribution in [3.63, 3.8) is 0 Å². The van der Waals surface area contributed by atoms with Crippen LogP contribution in [0.15, 0.2) is 50.9 Å². The topological polar surface area (TPSA) is 88.4 Å². The Labute approximate surface area is 185 Å². The van der Waals surface area contributed by atoms with Gasteiger partial charge in [0.2, 0.25) is 0 Å². The summed E-state index contributed by atoms with van der Waals surface area (Å²) < 4.78 is 11.1. The van der Waals surface area contributed by atoms with Gasteiger partial charge in [-0.05, 0) is 79.7 Å². The van der Waals surface area contributed by atoms with E-state index in [-0.39, 0.29) is 12.2 Å². The minimum absolute atomic E-state index is 0.0494. The van der Waals surface area contributed by atoms with Crippen molar-refractivity contribution in [1.82, 2.24) is 0 Å². The van der Waals surface area contributed by atoms with Gasteiger partial charge in [0, 0.05) is 5.69 Å². The number of hydrogen-bond donors (Lipinski definition) is 1. The Kier molecular flexibility index (Phi) is 8.43. The molecule has 8 heteroatoms. The summed E-state index contributed by atoms with van der Waals surface area (Å²) in [6, 6.07) is 12.7. The van der Waals surface area contributed by atoms with Crippen molar-refractivity contribution in [2.24, 2.45) is 0 Å². The number of esters is 1. The van der Waals surface area contributed by atoms with Crippen LogP contribution in [0.2, 0.25) is 0 Å². The second-order valence-corrected chi connectivity index (χ2v) is 7.56. The monoisotopic (exact) mass is 520 g/mol. The molecule has 0 spiro atoms. The molecule has 0 radical (unpaired) electrons. The van der Waals surface area contributed by atoms with E-state index in [1.54, 1.807) is 24.3 Å². The fourth-order valence-corrected chi connectivity index (χ4v) is 3.78. The van der Waals surface area contributed by atoms with Gasteiger partial charge < -0.3 is 14.8 Å². The Morgan fingerprint density at radius 2 is 1.79 bits per heavy atom. The number of anilines is 1. The summed E-state index contributed by atoms with van der Waals surface area (Å²) in [5, 5.41) is 12.1. The number of nitrogens with zero attached hydrogens (tertiary/aromatic N) is 1. The molecule has 29 heavy (non-hydrogen) atoms. The number of methoxy groups -OCH3 is 1. The number of halogens is 2. The number of ether oxygens (including phenoxy) is 2. The molecule has 0 aliphatic carbocycles. The van der Waals surface area contributed by atoms with E-state index >= 15 is 0 Å². The maximum Gasteiger partial charge on any atom is 0.343 e. The Hall–Kier alpha value is -2.63. The Morgan fingerprint density at radius 1 is 1.17 bits per heavy atom. The van der Waals surface area contributed by atoms with Crippen molar-refractivity contribution < 1.29 is 19.1 Å². The normalized spacial score (nSPS) is 10.8. The van der Waals surface area contributed by atoms with E-state index < -0.39 is 11.9 Å². The summed E-state index contributed by atoms with van der Waals surface area (Å²) in [5.41, 5.74) is 2.32. The zero-order chi connectivity index (χ0) is 21.4. The first-order chi connectivity index (χ1) is 13.9. The quantitative estimate of drug-likeness (QED) is 0.319. The molecule has 1 N–H and O–H groups in total. The lowest BCUT2D eigenvalue weighted by Crippen LogP contribution is -2.13. The number of nitrogens with one attached hydrogen (secondary N) is 1. The van der Waals surface area contributed by atoms with Gasteiger partial charge in [-0.2, -0.15) is 5.26 Å². The standard InChI is InChI=1S/C21H18Br2N2O4/c1-3-13-4-6-16(7-5-13)25-21(27)15(11-24)8-14-9-17(22)20(18(23)10-14)29-12-19(26)28-2/h4-10H,3,12H2,1-2H3,(H,25,27)/b15-8+. The number of hydrogen-bond acceptors (Lipinski definition) is 5. The van der Waals surface area contributed by atoms with Gasteiger partial charge in [0.1, 0.15) is 17.4 Å². The molecule has 0 heterocycles. The SMILES string of the molecule is CCc1ccc(NC(=O)/C(C#N)=C/c2cc(Br)c(OCC(=O)OC)c(Br)c2)cc1. The molecular weight excluding hydrogens is 504 g/mol. The van der Waals surface area contributed by atoms with Crippen LogP contribution in [0.5, 0.6) is 5.75 Å². The zero-order valence-corrected chi connectivity index (χ0v) is 19.0. The molecule has 2 aromatic carbocycles. The third-order valence-electron chi connectivity index (χ3n) is 3.88. The Bertz CT molecular complexity index is 956. The zero-order valence-electron chi connectivity index (χ0n) is 15.8. The summed E-state index contributed by atoms with van der Waals surface area (Å²) in [7, 11) is 1.27. The molecule has 0 atom stereocenters. The number of benzene rings is 2. The molecule has 0 aliphatic heterocycles. The van der Waals surface area contributed by atoms with E-state index in [4.69, 9.17) is 4.74 Å². The van der Waals surface area contributed by atoms with Crippen molar-refractivity contribution >= 4 is 55.5 Å². The first-order valence-electron chi connectivity index (χ1n) is 8.58. The van der Waals surface area contributed by atoms with E-state index in [2.05, 4.69) is 41.9 Å². The highest BCUT2D eigenvalue weighted by molar-refractivity contribution is 9.11. The third kappa shape index (κ3) is 6.44. The van der Waals surface area contributed by atoms with Gasteiger partial charge in [0.15, 0.2) is 6.61 Å². The minimum atomic E-state index is -0.511. The van der Waals surface area contributed by atoms with Crippen molar-refractivity contribution in [2.75, 3.05) is 19.0 Å². The summed E-state index contributed by atoms with van der Waals surface area (Å²) in [6.07, 6.45) is 2.37. The molecule has 0 aromatic heterocycles. The largest absolute Gasteiger partial charge is 0.480 e. The molecule has 2 aromatic rings. The lowest BCUT2D eigenvalue weighted by Gasteiger charge is -2.10. The lowest BCUT2D eigenvalue weighted by atomic mass is 10.1. The molecule has 1 amide bonds. The van der Waals surface area contributed by atoms with Crippen LogP contribution in [0.3, 0.4) is 0 Å². The molecule has 0 saturated heterocycles. The van der Waals surface area contributed by atoms with E-state index in [0.29, 0.717) is 25.9 Å². The van der Waals surface area contributed by atoms with Crippen molar-refractivity contribution in [3.8, 4) is 11.8 Å². The average molecular weight is 522 g/mol. The maximum absolute atomic E-state index is 12.4. The number of carbonyl (C=O) groups is 2. The Balaban J connectivity index is 2.19. The summed E-state index contributed by atoms with van der Waals surface area (Å²) in [5.74, 6) is -0.607. The van der Waals surface area contributed by atoms with Gasteiger partial charge in [-0.15, -0.1) is 0 Å². The summed E-state index contributed by atoms with van der Waals surface area (Å²) in [6.45, 7) is 1.80. The van der Waals surface area contributed by atoms with E-state index in [1.165, 1.54) is 13.2 Å². The number of rotatable bonds is 7. The van der Waals surface area contributed by atoms with Crippen LogP contribution in [0.4, 0.5) is 5.69 Å². The smallest absolute Gasteiger partial charge is 0.343 e. The Morgan fingerprint density at radius 3 is 2.31 bits per heavy atom. The van der Waals surface area contributed by atoms with Gasteiger partial charge in [-0.25, -0.2) is 4.79 Å². The summed E-state index contributed by atoms with van der Waals surface area (Å²) >= 11 is 6.73. The van der Waals surface area contributed by atoms with Crippen molar-refractivity contribution in [3.05, 3.63) is 62.0 Å². The molecule has 0 unspecified atom stereocenters. The van der Waals surface area contributed by atoms with Gasteiger partial charge in [-0.1, -0.05) is 19.1 Å². The van der Waals surface area contributed by atoms with Crippen LogP contribution in [-0.4, -0.2) is 25.6 Å². The van der Waals surface area contributed by atoms with Crippen LogP contribution >= 0.6 is 31.9 Å². The minimum Gasteiger partial charge on any atom is -0.480 e. The molecule has 2 rings (SSSR count). The van der Waals surface area contributed by atoms with Gasteiger partial charge in [0.25, 0.3) is 5.91 Å². The maximum atomic E-state index is 12.4. The van der Waals surface area contributed by atoms with Crippen LogP contribution in [0, 0.1) is 11.3 Å². The highest BCUT2D eigenvalue weighted by Gasteiger charge is 2.14. The predicted molar refractivity (Wildman–Crippen MR) is 117 cm³/mol. The second kappa shape index (κ2) is 10.8. The first kappa shape index (κ1) is 22.7. The number of carbonyl (C=O) groups excluding carboxylic acids is 2.